The van der Waals surface area contributed by atoms with Crippen molar-refractivity contribution < 1.29 is 19.2 Å². The van der Waals surface area contributed by atoms with Gasteiger partial charge in [-0.3, -0.25) is 14.9 Å². The Balaban J connectivity index is 2.38. The third-order valence-electron chi connectivity index (χ3n) is 3.08. The van der Waals surface area contributed by atoms with E-state index in [-0.39, 0.29) is 34.9 Å². The van der Waals surface area contributed by atoms with E-state index in [2.05, 4.69) is 15.9 Å². The van der Waals surface area contributed by atoms with Gasteiger partial charge in [0.25, 0.3) is 5.69 Å². The number of nitro groups is 1. The molecule has 0 unspecified atom stereocenters. The van der Waals surface area contributed by atoms with Gasteiger partial charge in [0, 0.05) is 24.7 Å². The van der Waals surface area contributed by atoms with Crippen molar-refractivity contribution in [3.8, 4) is 0 Å². The number of aliphatic carboxylic acids is 1. The van der Waals surface area contributed by atoms with Crippen LogP contribution in [0.3, 0.4) is 0 Å². The van der Waals surface area contributed by atoms with Crippen molar-refractivity contribution in [3.05, 3.63) is 32.5 Å². The van der Waals surface area contributed by atoms with Gasteiger partial charge in [0.1, 0.15) is 11.5 Å². The fourth-order valence-corrected chi connectivity index (χ4v) is 2.34. The standard InChI is InChI=1S/C12H12BrFN2O4/c13-8-5-11(16(19)20)10(6-9(8)14)15(7-1-2-7)4-3-12(17)18/h5-7H,1-4H2,(H,17,18). The third kappa shape index (κ3) is 3.24. The average Bonchev–Trinajstić information content (AvgIpc) is 3.17. The number of hydrogen-bond donors (Lipinski definition) is 1. The van der Waals surface area contributed by atoms with Crippen LogP contribution < -0.4 is 4.90 Å². The summed E-state index contributed by atoms with van der Waals surface area (Å²) in [5, 5.41) is 19.8. The molecule has 0 aliphatic heterocycles. The molecule has 0 aromatic heterocycles. The van der Waals surface area contributed by atoms with E-state index in [1.807, 2.05) is 0 Å². The first-order chi connectivity index (χ1) is 9.40. The summed E-state index contributed by atoms with van der Waals surface area (Å²) in [6.07, 6.45) is 1.51. The molecule has 0 bridgehead atoms. The zero-order chi connectivity index (χ0) is 14.9. The van der Waals surface area contributed by atoms with E-state index in [9.17, 15) is 19.3 Å². The van der Waals surface area contributed by atoms with E-state index >= 15 is 0 Å². The van der Waals surface area contributed by atoms with Crippen molar-refractivity contribution in [2.24, 2.45) is 0 Å². The van der Waals surface area contributed by atoms with Crippen LogP contribution in [0.25, 0.3) is 0 Å². The second kappa shape index (κ2) is 5.74. The number of benzene rings is 1. The van der Waals surface area contributed by atoms with Crippen molar-refractivity contribution in [1.82, 2.24) is 0 Å². The van der Waals surface area contributed by atoms with E-state index in [0.29, 0.717) is 0 Å². The van der Waals surface area contributed by atoms with Crippen LogP contribution in [0.1, 0.15) is 19.3 Å². The number of hydrogen-bond acceptors (Lipinski definition) is 4. The summed E-state index contributed by atoms with van der Waals surface area (Å²) in [6.45, 7) is 0.127. The summed E-state index contributed by atoms with van der Waals surface area (Å²) in [5.41, 5.74) is -0.0880. The molecule has 0 saturated heterocycles. The van der Waals surface area contributed by atoms with Gasteiger partial charge in [0.2, 0.25) is 0 Å². The lowest BCUT2D eigenvalue weighted by Crippen LogP contribution is -2.29. The molecule has 1 saturated carbocycles. The molecule has 1 aliphatic carbocycles. The Labute approximate surface area is 122 Å². The highest BCUT2D eigenvalue weighted by Crippen LogP contribution is 2.39. The van der Waals surface area contributed by atoms with Gasteiger partial charge < -0.3 is 10.0 Å². The lowest BCUT2D eigenvalue weighted by atomic mass is 10.2. The number of anilines is 1. The van der Waals surface area contributed by atoms with Crippen LogP contribution in [0.15, 0.2) is 16.6 Å². The quantitative estimate of drug-likeness (QED) is 0.632. The lowest BCUT2D eigenvalue weighted by Gasteiger charge is -2.23. The smallest absolute Gasteiger partial charge is 0.305 e. The first-order valence-electron chi connectivity index (χ1n) is 6.02. The van der Waals surface area contributed by atoms with E-state index < -0.39 is 16.7 Å². The number of carboxylic acids is 1. The Morgan fingerprint density at radius 1 is 1.55 bits per heavy atom. The van der Waals surface area contributed by atoms with Crippen molar-refractivity contribution in [3.63, 3.8) is 0 Å². The second-order valence-electron chi connectivity index (χ2n) is 4.58. The van der Waals surface area contributed by atoms with Gasteiger partial charge in [-0.1, -0.05) is 0 Å². The van der Waals surface area contributed by atoms with E-state index in [0.717, 1.165) is 25.0 Å². The fourth-order valence-electron chi connectivity index (χ4n) is 2.00. The number of nitro benzene ring substituents is 1. The zero-order valence-corrected chi connectivity index (χ0v) is 12.0. The Morgan fingerprint density at radius 3 is 2.70 bits per heavy atom. The number of carboxylic acid groups (broad SMARTS) is 1. The van der Waals surface area contributed by atoms with Crippen LogP contribution >= 0.6 is 15.9 Å². The molecule has 1 fully saturated rings. The highest BCUT2D eigenvalue weighted by molar-refractivity contribution is 9.10. The minimum atomic E-state index is -0.990. The first-order valence-corrected chi connectivity index (χ1v) is 6.81. The van der Waals surface area contributed by atoms with Crippen LogP contribution in [0.2, 0.25) is 0 Å². The molecule has 8 heteroatoms. The van der Waals surface area contributed by atoms with Crippen molar-refractivity contribution in [2.75, 3.05) is 11.4 Å². The van der Waals surface area contributed by atoms with Gasteiger partial charge >= 0.3 is 5.97 Å². The van der Waals surface area contributed by atoms with E-state index in [1.54, 1.807) is 4.90 Å². The largest absolute Gasteiger partial charge is 0.481 e. The van der Waals surface area contributed by atoms with Crippen LogP contribution in [-0.2, 0) is 4.79 Å². The Kier molecular flexibility index (Phi) is 4.22. The van der Waals surface area contributed by atoms with Crippen LogP contribution in [0, 0.1) is 15.9 Å². The minimum absolute atomic E-state index is 0.0157. The van der Waals surface area contributed by atoms with Crippen molar-refractivity contribution >= 4 is 33.3 Å². The molecule has 20 heavy (non-hydrogen) atoms. The van der Waals surface area contributed by atoms with E-state index in [1.165, 1.54) is 0 Å². The SMILES string of the molecule is O=C(O)CCN(c1cc(F)c(Br)cc1[N+](=O)[O-])C1CC1. The highest BCUT2D eigenvalue weighted by Gasteiger charge is 2.33. The number of rotatable bonds is 6. The van der Waals surface area contributed by atoms with Gasteiger partial charge in [-0.2, -0.15) is 0 Å². The molecule has 0 spiro atoms. The van der Waals surface area contributed by atoms with E-state index in [4.69, 9.17) is 5.11 Å². The lowest BCUT2D eigenvalue weighted by molar-refractivity contribution is -0.384. The molecule has 1 aliphatic rings. The molecule has 6 nitrogen and oxygen atoms in total. The summed E-state index contributed by atoms with van der Waals surface area (Å²) in [5.74, 6) is -1.59. The third-order valence-corrected chi connectivity index (χ3v) is 3.69. The molecule has 1 aromatic carbocycles. The molecule has 1 aromatic rings. The summed E-state index contributed by atoms with van der Waals surface area (Å²) in [7, 11) is 0. The number of halogens is 2. The molecular weight excluding hydrogens is 335 g/mol. The van der Waals surface area contributed by atoms with Crippen LogP contribution in [0.5, 0.6) is 0 Å². The van der Waals surface area contributed by atoms with Crippen molar-refractivity contribution in [1.29, 1.82) is 0 Å². The average molecular weight is 347 g/mol. The summed E-state index contributed by atoms with van der Waals surface area (Å²) < 4.78 is 13.7. The van der Waals surface area contributed by atoms with Gasteiger partial charge in [0.05, 0.1) is 15.8 Å². The zero-order valence-electron chi connectivity index (χ0n) is 10.4. The predicted molar refractivity (Wildman–Crippen MR) is 73.4 cm³/mol. The minimum Gasteiger partial charge on any atom is -0.481 e. The monoisotopic (exact) mass is 346 g/mol. The van der Waals surface area contributed by atoms with Crippen LogP contribution in [-0.4, -0.2) is 28.6 Å². The molecule has 2 rings (SSSR count). The fraction of sp³-hybridized carbons (Fsp3) is 0.417. The molecule has 108 valence electrons. The predicted octanol–water partition coefficient (Wildman–Crippen LogP) is 2.94. The van der Waals surface area contributed by atoms with Crippen molar-refractivity contribution in [2.45, 2.75) is 25.3 Å². The Morgan fingerprint density at radius 2 is 2.20 bits per heavy atom. The molecule has 0 radical (unpaired) electrons. The van der Waals surface area contributed by atoms with Crippen LogP contribution in [0.4, 0.5) is 15.8 Å². The van der Waals surface area contributed by atoms with Gasteiger partial charge in [-0.15, -0.1) is 0 Å². The maximum atomic E-state index is 13.7. The summed E-state index contributed by atoms with van der Waals surface area (Å²) >= 11 is 2.92. The number of carbonyl (C=O) groups is 1. The summed E-state index contributed by atoms with van der Waals surface area (Å²) in [6, 6.07) is 2.25. The molecule has 0 amide bonds. The molecular formula is C12H12BrFN2O4. The highest BCUT2D eigenvalue weighted by atomic mass is 79.9. The van der Waals surface area contributed by atoms with Gasteiger partial charge in [0.15, 0.2) is 0 Å². The molecule has 0 atom stereocenters. The normalized spacial score (nSPS) is 14.1. The first kappa shape index (κ1) is 14.7. The topological polar surface area (TPSA) is 83.7 Å². The second-order valence-corrected chi connectivity index (χ2v) is 5.43. The molecule has 1 N–H and O–H groups in total. The maximum Gasteiger partial charge on any atom is 0.305 e. The number of nitrogens with zero attached hydrogens (tertiary/aromatic N) is 2. The van der Waals surface area contributed by atoms with Gasteiger partial charge in [-0.25, -0.2) is 4.39 Å². The Bertz CT molecular complexity index is 563. The van der Waals surface area contributed by atoms with Gasteiger partial charge in [-0.05, 0) is 28.8 Å². The molecule has 0 heterocycles. The Hall–Kier alpha value is -1.70. The maximum absolute atomic E-state index is 13.7. The summed E-state index contributed by atoms with van der Waals surface area (Å²) in [4.78, 5) is 22.8.